The highest BCUT2D eigenvalue weighted by atomic mass is 15.2. The molecule has 2 heterocycles. The number of nitrogens with zero attached hydrogens (tertiary/aromatic N) is 2. The van der Waals surface area contributed by atoms with E-state index >= 15 is 0 Å². The summed E-state index contributed by atoms with van der Waals surface area (Å²) in [4.78, 5) is 7.10. The summed E-state index contributed by atoms with van der Waals surface area (Å²) in [7, 11) is 0. The number of fused-ring (bicyclic) bond motifs is 6. The number of benzene rings is 4. The first kappa shape index (κ1) is 22.1. The molecule has 2 aliphatic rings. The molecule has 0 saturated carbocycles. The third-order valence-electron chi connectivity index (χ3n) is 8.48. The summed E-state index contributed by atoms with van der Waals surface area (Å²) in [5.41, 5.74) is 13.9. The van der Waals surface area contributed by atoms with Gasteiger partial charge in [0.05, 0.1) is 17.1 Å². The Morgan fingerprint density at radius 1 is 0.595 bits per heavy atom. The lowest BCUT2D eigenvalue weighted by molar-refractivity contribution is 0.627. The number of aromatic nitrogens is 1. The van der Waals surface area contributed by atoms with Crippen molar-refractivity contribution >= 4 is 17.1 Å². The highest BCUT2D eigenvalue weighted by Crippen LogP contribution is 2.60. The van der Waals surface area contributed by atoms with Crippen molar-refractivity contribution in [2.24, 2.45) is 0 Å². The van der Waals surface area contributed by atoms with Crippen molar-refractivity contribution in [3.05, 3.63) is 132 Å². The minimum absolute atomic E-state index is 0.0300. The Hall–Kier alpha value is -4.17. The molecule has 0 radical (unpaired) electrons. The van der Waals surface area contributed by atoms with Crippen LogP contribution in [0, 0.1) is 0 Å². The molecule has 0 fully saturated rings. The molecule has 7 rings (SSSR count). The van der Waals surface area contributed by atoms with Crippen molar-refractivity contribution in [2.75, 3.05) is 4.90 Å². The quantitative estimate of drug-likeness (QED) is 0.251. The maximum Gasteiger partial charge on any atom is 0.0702 e. The Morgan fingerprint density at radius 3 is 2.11 bits per heavy atom. The van der Waals surface area contributed by atoms with Gasteiger partial charge in [0.15, 0.2) is 0 Å². The van der Waals surface area contributed by atoms with Gasteiger partial charge in [0.2, 0.25) is 0 Å². The van der Waals surface area contributed by atoms with Crippen LogP contribution in [0.15, 0.2) is 109 Å². The maximum atomic E-state index is 4.65. The van der Waals surface area contributed by atoms with Crippen LogP contribution in [-0.4, -0.2) is 4.98 Å². The lowest BCUT2D eigenvalue weighted by Crippen LogP contribution is -2.32. The van der Waals surface area contributed by atoms with Gasteiger partial charge >= 0.3 is 0 Å². The van der Waals surface area contributed by atoms with Crippen LogP contribution in [0.5, 0.6) is 0 Å². The third kappa shape index (κ3) is 3.02. The highest BCUT2D eigenvalue weighted by Gasteiger charge is 2.44. The van der Waals surface area contributed by atoms with Gasteiger partial charge in [-0.05, 0) is 69.8 Å². The van der Waals surface area contributed by atoms with E-state index in [9.17, 15) is 0 Å². The fraction of sp³-hybridized carbons (Fsp3) is 0.171. The molecule has 5 aromatic rings. The van der Waals surface area contributed by atoms with E-state index in [0.29, 0.717) is 0 Å². The van der Waals surface area contributed by atoms with E-state index in [1.54, 1.807) is 0 Å². The van der Waals surface area contributed by atoms with Crippen LogP contribution in [0.1, 0.15) is 49.9 Å². The average Bonchev–Trinajstić information content (AvgIpc) is 3.16. The SMILES string of the molecule is CC1(C)c2ccccc2-c2c1ccc1c2C(C)(C)c2ccc(-c3ccccn3)cc2N1c1ccccc1. The Labute approximate surface area is 219 Å². The molecule has 0 atom stereocenters. The Bertz CT molecular complexity index is 1660. The molecular formula is C35H30N2. The molecule has 0 N–H and O–H groups in total. The van der Waals surface area contributed by atoms with Crippen LogP contribution in [0.2, 0.25) is 0 Å². The second-order valence-corrected chi connectivity index (χ2v) is 11.3. The van der Waals surface area contributed by atoms with Gasteiger partial charge in [0.25, 0.3) is 0 Å². The van der Waals surface area contributed by atoms with Gasteiger partial charge in [0, 0.05) is 28.3 Å². The second-order valence-electron chi connectivity index (χ2n) is 11.3. The molecule has 0 spiro atoms. The van der Waals surface area contributed by atoms with E-state index in [1.165, 1.54) is 50.4 Å². The largest absolute Gasteiger partial charge is 0.310 e. The molecule has 0 amide bonds. The van der Waals surface area contributed by atoms with E-state index in [-0.39, 0.29) is 10.8 Å². The van der Waals surface area contributed by atoms with Crippen molar-refractivity contribution < 1.29 is 0 Å². The van der Waals surface area contributed by atoms with Gasteiger partial charge in [-0.1, -0.05) is 94.4 Å². The van der Waals surface area contributed by atoms with Gasteiger partial charge in [-0.25, -0.2) is 0 Å². The Kier molecular flexibility index (Phi) is 4.57. The minimum atomic E-state index is -0.183. The predicted molar refractivity (Wildman–Crippen MR) is 154 cm³/mol. The van der Waals surface area contributed by atoms with Crippen molar-refractivity contribution in [3.8, 4) is 22.4 Å². The fourth-order valence-electron chi connectivity index (χ4n) is 6.66. The van der Waals surface area contributed by atoms with Crippen LogP contribution in [0.3, 0.4) is 0 Å². The summed E-state index contributed by atoms with van der Waals surface area (Å²) in [6.07, 6.45) is 1.87. The van der Waals surface area contributed by atoms with Crippen molar-refractivity contribution in [3.63, 3.8) is 0 Å². The molecule has 2 heteroatoms. The van der Waals surface area contributed by atoms with Crippen LogP contribution >= 0.6 is 0 Å². The first-order valence-electron chi connectivity index (χ1n) is 13.1. The number of hydrogen-bond donors (Lipinski definition) is 0. The summed E-state index contributed by atoms with van der Waals surface area (Å²) in [6.45, 7) is 9.51. The summed E-state index contributed by atoms with van der Waals surface area (Å²) < 4.78 is 0. The number of hydrogen-bond acceptors (Lipinski definition) is 2. The van der Waals surface area contributed by atoms with E-state index in [2.05, 4.69) is 135 Å². The molecule has 2 nitrogen and oxygen atoms in total. The third-order valence-corrected chi connectivity index (χ3v) is 8.48. The van der Waals surface area contributed by atoms with Gasteiger partial charge < -0.3 is 4.90 Å². The first-order valence-corrected chi connectivity index (χ1v) is 13.1. The van der Waals surface area contributed by atoms with Gasteiger partial charge in [-0.3, -0.25) is 4.98 Å². The maximum absolute atomic E-state index is 4.65. The zero-order valence-corrected chi connectivity index (χ0v) is 21.8. The van der Waals surface area contributed by atoms with Crippen molar-refractivity contribution in [2.45, 2.75) is 38.5 Å². The number of anilines is 3. The topological polar surface area (TPSA) is 16.1 Å². The lowest BCUT2D eigenvalue weighted by Gasteiger charge is -2.43. The molecular weight excluding hydrogens is 448 g/mol. The molecule has 1 aliphatic heterocycles. The summed E-state index contributed by atoms with van der Waals surface area (Å²) in [5.74, 6) is 0. The smallest absolute Gasteiger partial charge is 0.0702 e. The zero-order chi connectivity index (χ0) is 25.4. The summed E-state index contributed by atoms with van der Waals surface area (Å²) in [6, 6.07) is 37.5. The van der Waals surface area contributed by atoms with E-state index in [4.69, 9.17) is 0 Å². The number of pyridine rings is 1. The monoisotopic (exact) mass is 478 g/mol. The van der Waals surface area contributed by atoms with Crippen LogP contribution in [0.4, 0.5) is 17.1 Å². The zero-order valence-electron chi connectivity index (χ0n) is 21.8. The molecule has 0 unspecified atom stereocenters. The normalized spacial score (nSPS) is 15.9. The van der Waals surface area contributed by atoms with Gasteiger partial charge in [-0.15, -0.1) is 0 Å². The molecule has 1 aromatic heterocycles. The molecule has 0 bridgehead atoms. The van der Waals surface area contributed by atoms with Crippen LogP contribution in [0.25, 0.3) is 22.4 Å². The van der Waals surface area contributed by atoms with Crippen molar-refractivity contribution in [1.29, 1.82) is 0 Å². The minimum Gasteiger partial charge on any atom is -0.310 e. The highest BCUT2D eigenvalue weighted by molar-refractivity contribution is 5.95. The number of para-hydroxylation sites is 1. The molecule has 180 valence electrons. The lowest BCUT2D eigenvalue weighted by atomic mass is 9.69. The molecule has 37 heavy (non-hydrogen) atoms. The first-order chi connectivity index (χ1) is 17.9. The Balaban J connectivity index is 1.56. The summed E-state index contributed by atoms with van der Waals surface area (Å²) in [5, 5.41) is 0. The van der Waals surface area contributed by atoms with Crippen molar-refractivity contribution in [1.82, 2.24) is 4.98 Å². The predicted octanol–water partition coefficient (Wildman–Crippen LogP) is 9.16. The van der Waals surface area contributed by atoms with Gasteiger partial charge in [0.1, 0.15) is 0 Å². The Morgan fingerprint density at radius 2 is 1.32 bits per heavy atom. The standard InChI is InChI=1S/C35H30N2/c1-34(2)26-15-9-8-14-25(26)32-28(34)19-20-30-33(32)35(3,4)27-18-17-23(29-16-10-11-21-36-29)22-31(27)37(30)24-12-6-5-7-13-24/h5-22H,1-4H3. The molecule has 4 aromatic carbocycles. The van der Waals surface area contributed by atoms with E-state index in [0.717, 1.165) is 11.3 Å². The van der Waals surface area contributed by atoms with Crippen LogP contribution < -0.4 is 4.90 Å². The second kappa shape index (κ2) is 7.66. The van der Waals surface area contributed by atoms with Gasteiger partial charge in [-0.2, -0.15) is 0 Å². The summed E-state index contributed by atoms with van der Waals surface area (Å²) >= 11 is 0. The molecule has 0 saturated heterocycles. The van der Waals surface area contributed by atoms with E-state index in [1.807, 2.05) is 12.3 Å². The van der Waals surface area contributed by atoms with Crippen LogP contribution in [-0.2, 0) is 10.8 Å². The van der Waals surface area contributed by atoms with E-state index < -0.39 is 0 Å². The number of rotatable bonds is 2. The fourth-order valence-corrected chi connectivity index (χ4v) is 6.66. The molecule has 1 aliphatic carbocycles. The average molecular weight is 479 g/mol.